The monoisotopic (exact) mass is 294 g/mol. The number of aromatic carboxylic acids is 1. The van der Waals surface area contributed by atoms with Gasteiger partial charge in [0.05, 0.1) is 10.5 Å². The van der Waals surface area contributed by atoms with E-state index in [1.807, 2.05) is 0 Å². The number of aliphatic hydroxyl groups excluding tert-OH is 1. The molecule has 1 aromatic carbocycles. The Bertz CT molecular complexity index is 546. The van der Waals surface area contributed by atoms with Crippen molar-refractivity contribution in [1.82, 2.24) is 0 Å². The molecule has 114 valence electrons. The van der Waals surface area contributed by atoms with Crippen molar-refractivity contribution in [1.29, 1.82) is 0 Å². The molecule has 0 heterocycles. The molecule has 0 amide bonds. The Labute approximate surface area is 121 Å². The normalized spacial score (nSPS) is 21.8. The lowest BCUT2D eigenvalue weighted by Gasteiger charge is -2.31. The van der Waals surface area contributed by atoms with Crippen LogP contribution in [0.5, 0.6) is 0 Å². The summed E-state index contributed by atoms with van der Waals surface area (Å²) in [6.45, 7) is 0.0404. The third-order valence-corrected chi connectivity index (χ3v) is 3.93. The van der Waals surface area contributed by atoms with Crippen molar-refractivity contribution < 1.29 is 19.9 Å². The van der Waals surface area contributed by atoms with Gasteiger partial charge >= 0.3 is 5.97 Å². The van der Waals surface area contributed by atoms with Crippen LogP contribution in [-0.4, -0.2) is 33.8 Å². The predicted molar refractivity (Wildman–Crippen MR) is 76.5 cm³/mol. The molecule has 0 aliphatic heterocycles. The summed E-state index contributed by atoms with van der Waals surface area (Å²) in [6, 6.07) is 3.79. The van der Waals surface area contributed by atoms with Crippen molar-refractivity contribution in [2.45, 2.75) is 31.7 Å². The molecular formula is C14H18N2O5. The van der Waals surface area contributed by atoms with Crippen LogP contribution < -0.4 is 5.32 Å². The smallest absolute Gasteiger partial charge is 0.335 e. The van der Waals surface area contributed by atoms with Gasteiger partial charge in [0, 0.05) is 24.6 Å². The standard InChI is InChI=1S/C14H18N2O5/c17-8-10-3-1-2-4-11(10)15-12-6-5-9(14(18)19)7-13(12)16(20)21/h5-7,10-11,15,17H,1-4,8H2,(H,18,19). The number of carboxylic acids is 1. The second-order valence-electron chi connectivity index (χ2n) is 5.27. The molecule has 2 unspecified atom stereocenters. The van der Waals surface area contributed by atoms with Crippen molar-refractivity contribution in [3.8, 4) is 0 Å². The molecule has 1 saturated carbocycles. The molecule has 0 bridgehead atoms. The number of nitrogens with zero attached hydrogens (tertiary/aromatic N) is 1. The lowest BCUT2D eigenvalue weighted by molar-refractivity contribution is -0.384. The fourth-order valence-corrected chi connectivity index (χ4v) is 2.75. The number of benzene rings is 1. The highest BCUT2D eigenvalue weighted by atomic mass is 16.6. The molecule has 0 aromatic heterocycles. The number of carboxylic acid groups (broad SMARTS) is 1. The second-order valence-corrected chi connectivity index (χ2v) is 5.27. The van der Waals surface area contributed by atoms with Crippen LogP contribution in [0.3, 0.4) is 0 Å². The van der Waals surface area contributed by atoms with Gasteiger partial charge in [-0.05, 0) is 25.0 Å². The van der Waals surface area contributed by atoms with Crippen LogP contribution in [0, 0.1) is 16.0 Å². The summed E-state index contributed by atoms with van der Waals surface area (Å²) < 4.78 is 0. The van der Waals surface area contributed by atoms with E-state index in [9.17, 15) is 20.0 Å². The van der Waals surface area contributed by atoms with Gasteiger partial charge in [0.2, 0.25) is 0 Å². The Morgan fingerprint density at radius 1 is 1.38 bits per heavy atom. The third-order valence-electron chi connectivity index (χ3n) is 3.93. The van der Waals surface area contributed by atoms with Crippen molar-refractivity contribution >= 4 is 17.3 Å². The maximum absolute atomic E-state index is 11.1. The number of nitrogens with one attached hydrogen (secondary N) is 1. The van der Waals surface area contributed by atoms with E-state index in [4.69, 9.17) is 5.11 Å². The Kier molecular flexibility index (Phi) is 4.74. The molecule has 0 radical (unpaired) electrons. The quantitative estimate of drug-likeness (QED) is 0.567. The van der Waals surface area contributed by atoms with Crippen LogP contribution >= 0.6 is 0 Å². The average Bonchev–Trinajstić information content (AvgIpc) is 2.47. The first-order chi connectivity index (χ1) is 10.0. The number of hydrogen-bond donors (Lipinski definition) is 3. The SMILES string of the molecule is O=C(O)c1ccc(NC2CCCCC2CO)c([N+](=O)[O-])c1. The van der Waals surface area contributed by atoms with Crippen LogP contribution in [0.2, 0.25) is 0 Å². The summed E-state index contributed by atoms with van der Waals surface area (Å²) in [4.78, 5) is 21.4. The zero-order chi connectivity index (χ0) is 15.4. The first kappa shape index (κ1) is 15.2. The van der Waals surface area contributed by atoms with Gasteiger partial charge in [0.1, 0.15) is 5.69 Å². The summed E-state index contributed by atoms with van der Waals surface area (Å²) in [5, 5.41) is 32.5. The summed E-state index contributed by atoms with van der Waals surface area (Å²) in [7, 11) is 0. The lowest BCUT2D eigenvalue weighted by Crippen LogP contribution is -2.34. The van der Waals surface area contributed by atoms with E-state index in [1.165, 1.54) is 12.1 Å². The number of hydrogen-bond acceptors (Lipinski definition) is 5. The Morgan fingerprint density at radius 3 is 2.71 bits per heavy atom. The van der Waals surface area contributed by atoms with Crippen LogP contribution in [-0.2, 0) is 0 Å². The van der Waals surface area contributed by atoms with Gasteiger partial charge in [-0.1, -0.05) is 12.8 Å². The maximum Gasteiger partial charge on any atom is 0.335 e. The van der Waals surface area contributed by atoms with E-state index in [1.54, 1.807) is 0 Å². The Hall–Kier alpha value is -2.15. The number of carbonyl (C=O) groups is 1. The minimum atomic E-state index is -1.20. The number of nitro benzene ring substituents is 1. The minimum absolute atomic E-state index is 0.0295. The molecular weight excluding hydrogens is 276 g/mol. The summed E-state index contributed by atoms with van der Waals surface area (Å²) >= 11 is 0. The van der Waals surface area contributed by atoms with Gasteiger partial charge in [-0.25, -0.2) is 4.79 Å². The Balaban J connectivity index is 2.26. The van der Waals surface area contributed by atoms with Crippen molar-refractivity contribution in [2.75, 3.05) is 11.9 Å². The molecule has 21 heavy (non-hydrogen) atoms. The van der Waals surface area contributed by atoms with Gasteiger partial charge in [0.25, 0.3) is 5.69 Å². The summed E-state index contributed by atoms with van der Waals surface area (Å²) in [6.07, 6.45) is 3.77. The fraction of sp³-hybridized carbons (Fsp3) is 0.500. The topological polar surface area (TPSA) is 113 Å². The van der Waals surface area contributed by atoms with Crippen LogP contribution in [0.15, 0.2) is 18.2 Å². The van der Waals surface area contributed by atoms with E-state index in [0.717, 1.165) is 31.7 Å². The maximum atomic E-state index is 11.1. The van der Waals surface area contributed by atoms with Gasteiger partial charge < -0.3 is 15.5 Å². The van der Waals surface area contributed by atoms with E-state index < -0.39 is 10.9 Å². The van der Waals surface area contributed by atoms with Gasteiger partial charge in [-0.2, -0.15) is 0 Å². The van der Waals surface area contributed by atoms with Crippen LogP contribution in [0.4, 0.5) is 11.4 Å². The molecule has 7 nitrogen and oxygen atoms in total. The summed E-state index contributed by atoms with van der Waals surface area (Å²) in [5.41, 5.74) is -0.0675. The first-order valence-electron chi connectivity index (χ1n) is 6.92. The molecule has 7 heteroatoms. The highest BCUT2D eigenvalue weighted by Crippen LogP contribution is 2.31. The molecule has 1 aliphatic rings. The molecule has 1 fully saturated rings. The molecule has 0 saturated heterocycles. The largest absolute Gasteiger partial charge is 0.478 e. The molecule has 1 aliphatic carbocycles. The van der Waals surface area contributed by atoms with Crippen molar-refractivity contribution in [2.24, 2.45) is 5.92 Å². The molecule has 3 N–H and O–H groups in total. The molecule has 0 spiro atoms. The molecule has 2 rings (SSSR count). The zero-order valence-electron chi connectivity index (χ0n) is 11.5. The minimum Gasteiger partial charge on any atom is -0.478 e. The van der Waals surface area contributed by atoms with Gasteiger partial charge in [-0.15, -0.1) is 0 Å². The van der Waals surface area contributed by atoms with E-state index in [2.05, 4.69) is 5.32 Å². The van der Waals surface area contributed by atoms with Crippen molar-refractivity contribution in [3.05, 3.63) is 33.9 Å². The molecule has 2 atom stereocenters. The number of anilines is 1. The summed E-state index contributed by atoms with van der Waals surface area (Å²) in [5.74, 6) is -1.13. The number of rotatable bonds is 5. The van der Waals surface area contributed by atoms with E-state index in [0.29, 0.717) is 5.69 Å². The van der Waals surface area contributed by atoms with Gasteiger partial charge in [-0.3, -0.25) is 10.1 Å². The number of aliphatic hydroxyl groups is 1. The molecule has 1 aromatic rings. The van der Waals surface area contributed by atoms with Gasteiger partial charge in [0.15, 0.2) is 0 Å². The number of nitro groups is 1. The van der Waals surface area contributed by atoms with Crippen LogP contribution in [0.25, 0.3) is 0 Å². The zero-order valence-corrected chi connectivity index (χ0v) is 11.5. The first-order valence-corrected chi connectivity index (χ1v) is 6.92. The highest BCUT2D eigenvalue weighted by Gasteiger charge is 2.27. The lowest BCUT2D eigenvalue weighted by atomic mass is 9.85. The average molecular weight is 294 g/mol. The van der Waals surface area contributed by atoms with E-state index in [-0.39, 0.29) is 29.8 Å². The predicted octanol–water partition coefficient (Wildman–Crippen LogP) is 2.26. The van der Waals surface area contributed by atoms with E-state index >= 15 is 0 Å². The Morgan fingerprint density at radius 2 is 2.10 bits per heavy atom. The third kappa shape index (κ3) is 3.49. The fourth-order valence-electron chi connectivity index (χ4n) is 2.75. The van der Waals surface area contributed by atoms with Crippen LogP contribution in [0.1, 0.15) is 36.0 Å². The highest BCUT2D eigenvalue weighted by molar-refractivity contribution is 5.89. The van der Waals surface area contributed by atoms with Crippen molar-refractivity contribution in [3.63, 3.8) is 0 Å². The second kappa shape index (κ2) is 6.53.